The van der Waals surface area contributed by atoms with E-state index in [1.54, 1.807) is 0 Å². The standard InChI is InChI=1S/C22H19F3N2O4S/c1-32(29,30)27(13-15-5-3-2-4-6-15)16-7-9-17(10-8-16)31-14-20(28)26-19-12-11-18(23)21(24)22(19)25/h2-12H,13-14H2,1H3,(H,26,28). The lowest BCUT2D eigenvalue weighted by molar-refractivity contribution is -0.118. The average molecular weight is 464 g/mol. The van der Waals surface area contributed by atoms with Crippen LogP contribution in [0.2, 0.25) is 0 Å². The normalized spacial score (nSPS) is 11.1. The van der Waals surface area contributed by atoms with Crippen LogP contribution in [0.1, 0.15) is 5.56 Å². The Labute approximate surface area is 183 Å². The van der Waals surface area contributed by atoms with Crippen molar-refractivity contribution in [3.63, 3.8) is 0 Å². The quantitative estimate of drug-likeness (QED) is 0.510. The van der Waals surface area contributed by atoms with Gasteiger partial charge in [-0.25, -0.2) is 21.6 Å². The van der Waals surface area contributed by atoms with E-state index in [1.807, 2.05) is 30.3 Å². The third kappa shape index (κ3) is 5.79. The first-order chi connectivity index (χ1) is 15.1. The maximum atomic E-state index is 13.6. The summed E-state index contributed by atoms with van der Waals surface area (Å²) in [5.41, 5.74) is 0.689. The second kappa shape index (κ2) is 9.73. The third-order valence-electron chi connectivity index (χ3n) is 4.37. The predicted octanol–water partition coefficient (Wildman–Crippen LogP) is 4.09. The van der Waals surface area contributed by atoms with E-state index < -0.39 is 45.7 Å². The van der Waals surface area contributed by atoms with Crippen molar-refractivity contribution >= 4 is 27.3 Å². The fourth-order valence-electron chi connectivity index (χ4n) is 2.82. The van der Waals surface area contributed by atoms with Gasteiger partial charge < -0.3 is 10.1 Å². The number of benzene rings is 3. The number of halogens is 3. The Morgan fingerprint density at radius 3 is 2.22 bits per heavy atom. The zero-order valence-electron chi connectivity index (χ0n) is 16.9. The topological polar surface area (TPSA) is 75.7 Å². The molecule has 0 fully saturated rings. The number of hydrogen-bond donors (Lipinski definition) is 1. The lowest BCUT2D eigenvalue weighted by atomic mass is 10.2. The number of sulfonamides is 1. The second-order valence-electron chi connectivity index (χ2n) is 6.81. The Morgan fingerprint density at radius 1 is 0.938 bits per heavy atom. The number of hydrogen-bond acceptors (Lipinski definition) is 4. The van der Waals surface area contributed by atoms with E-state index in [4.69, 9.17) is 4.74 Å². The average Bonchev–Trinajstić information content (AvgIpc) is 2.77. The molecular formula is C22H19F3N2O4S. The molecule has 10 heteroatoms. The van der Waals surface area contributed by atoms with Crippen LogP contribution in [-0.2, 0) is 21.4 Å². The largest absolute Gasteiger partial charge is 0.484 e. The molecule has 0 unspecified atom stereocenters. The van der Waals surface area contributed by atoms with Gasteiger partial charge in [-0.1, -0.05) is 30.3 Å². The molecule has 3 aromatic carbocycles. The molecule has 0 aromatic heterocycles. The zero-order valence-corrected chi connectivity index (χ0v) is 17.7. The van der Waals surface area contributed by atoms with E-state index in [9.17, 15) is 26.4 Å². The van der Waals surface area contributed by atoms with Crippen LogP contribution in [0.5, 0.6) is 5.75 Å². The molecule has 0 aliphatic carbocycles. The molecule has 3 aromatic rings. The van der Waals surface area contributed by atoms with Crippen LogP contribution in [0.3, 0.4) is 0 Å². The van der Waals surface area contributed by atoms with Gasteiger partial charge in [0, 0.05) is 0 Å². The van der Waals surface area contributed by atoms with Crippen LogP contribution in [0.25, 0.3) is 0 Å². The molecule has 1 amide bonds. The van der Waals surface area contributed by atoms with Crippen molar-refractivity contribution in [2.24, 2.45) is 0 Å². The van der Waals surface area contributed by atoms with Crippen LogP contribution >= 0.6 is 0 Å². The summed E-state index contributed by atoms with van der Waals surface area (Å²) in [5.74, 6) is -5.11. The zero-order chi connectivity index (χ0) is 23.3. The fraction of sp³-hybridized carbons (Fsp3) is 0.136. The lowest BCUT2D eigenvalue weighted by Gasteiger charge is -2.22. The van der Waals surface area contributed by atoms with Crippen LogP contribution < -0.4 is 14.4 Å². The van der Waals surface area contributed by atoms with Crippen molar-refractivity contribution in [3.05, 3.63) is 89.7 Å². The summed E-state index contributed by atoms with van der Waals surface area (Å²) in [5, 5.41) is 2.09. The van der Waals surface area contributed by atoms with E-state index in [0.29, 0.717) is 11.8 Å². The molecule has 0 heterocycles. The molecule has 0 atom stereocenters. The van der Waals surface area contributed by atoms with E-state index in [1.165, 1.54) is 28.6 Å². The molecule has 6 nitrogen and oxygen atoms in total. The van der Waals surface area contributed by atoms with Gasteiger partial charge in [0.2, 0.25) is 10.0 Å². The molecule has 168 valence electrons. The highest BCUT2D eigenvalue weighted by Crippen LogP contribution is 2.24. The van der Waals surface area contributed by atoms with Gasteiger partial charge in [-0.15, -0.1) is 0 Å². The summed E-state index contributed by atoms with van der Waals surface area (Å²) in [6.07, 6.45) is 1.10. The van der Waals surface area contributed by atoms with E-state index in [0.717, 1.165) is 17.9 Å². The number of anilines is 2. The van der Waals surface area contributed by atoms with Crippen molar-refractivity contribution in [2.75, 3.05) is 22.5 Å². The highest BCUT2D eigenvalue weighted by Gasteiger charge is 2.18. The van der Waals surface area contributed by atoms with Crippen molar-refractivity contribution in [1.82, 2.24) is 0 Å². The number of rotatable bonds is 8. The second-order valence-corrected chi connectivity index (χ2v) is 8.72. The fourth-order valence-corrected chi connectivity index (χ4v) is 3.70. The van der Waals surface area contributed by atoms with Gasteiger partial charge in [0.1, 0.15) is 5.75 Å². The maximum absolute atomic E-state index is 13.6. The molecule has 1 N–H and O–H groups in total. The molecule has 0 aliphatic rings. The minimum atomic E-state index is -3.56. The SMILES string of the molecule is CS(=O)(=O)N(Cc1ccccc1)c1ccc(OCC(=O)Nc2ccc(F)c(F)c2F)cc1. The smallest absolute Gasteiger partial charge is 0.262 e. The first kappa shape index (κ1) is 23.1. The van der Waals surface area contributed by atoms with Gasteiger partial charge in [0.15, 0.2) is 24.1 Å². The summed E-state index contributed by atoms with van der Waals surface area (Å²) in [4.78, 5) is 11.9. The minimum absolute atomic E-state index is 0.141. The lowest BCUT2D eigenvalue weighted by Crippen LogP contribution is -2.29. The highest BCUT2D eigenvalue weighted by atomic mass is 32.2. The molecule has 3 rings (SSSR count). The first-order valence-electron chi connectivity index (χ1n) is 9.33. The molecule has 0 bridgehead atoms. The van der Waals surface area contributed by atoms with Crippen LogP contribution in [0.4, 0.5) is 24.5 Å². The maximum Gasteiger partial charge on any atom is 0.262 e. The van der Waals surface area contributed by atoms with Crippen molar-refractivity contribution < 1.29 is 31.1 Å². The Balaban J connectivity index is 1.64. The summed E-state index contributed by atoms with van der Waals surface area (Å²) in [7, 11) is -3.56. The van der Waals surface area contributed by atoms with Gasteiger partial charge in [-0.2, -0.15) is 0 Å². The van der Waals surface area contributed by atoms with Crippen molar-refractivity contribution in [1.29, 1.82) is 0 Å². The van der Waals surface area contributed by atoms with Gasteiger partial charge >= 0.3 is 0 Å². The van der Waals surface area contributed by atoms with E-state index in [-0.39, 0.29) is 12.3 Å². The molecule has 0 radical (unpaired) electrons. The molecule has 32 heavy (non-hydrogen) atoms. The minimum Gasteiger partial charge on any atom is -0.484 e. The molecule has 0 aliphatic heterocycles. The van der Waals surface area contributed by atoms with E-state index >= 15 is 0 Å². The Hall–Kier alpha value is -3.53. The first-order valence-corrected chi connectivity index (χ1v) is 11.2. The number of carbonyl (C=O) groups is 1. The summed E-state index contributed by atoms with van der Waals surface area (Å²) in [6.45, 7) is -0.389. The number of nitrogens with zero attached hydrogens (tertiary/aromatic N) is 1. The van der Waals surface area contributed by atoms with Gasteiger partial charge in [-0.3, -0.25) is 9.10 Å². The number of amides is 1. The number of carbonyl (C=O) groups excluding carboxylic acids is 1. The predicted molar refractivity (Wildman–Crippen MR) is 114 cm³/mol. The molecule has 0 saturated heterocycles. The molecule has 0 spiro atoms. The molecule has 0 saturated carbocycles. The highest BCUT2D eigenvalue weighted by molar-refractivity contribution is 7.92. The van der Waals surface area contributed by atoms with Gasteiger partial charge in [0.25, 0.3) is 5.91 Å². The summed E-state index contributed by atoms with van der Waals surface area (Å²) >= 11 is 0. The Kier molecular flexibility index (Phi) is 7.04. The number of nitrogens with one attached hydrogen (secondary N) is 1. The van der Waals surface area contributed by atoms with Crippen molar-refractivity contribution in [3.8, 4) is 5.75 Å². The Bertz CT molecular complexity index is 1200. The van der Waals surface area contributed by atoms with Crippen LogP contribution in [0, 0.1) is 17.5 Å². The summed E-state index contributed by atoms with van der Waals surface area (Å²) in [6, 6.07) is 16.6. The van der Waals surface area contributed by atoms with E-state index in [2.05, 4.69) is 5.32 Å². The number of ether oxygens (including phenoxy) is 1. The van der Waals surface area contributed by atoms with Crippen molar-refractivity contribution in [2.45, 2.75) is 6.54 Å². The van der Waals surface area contributed by atoms with Gasteiger partial charge in [-0.05, 0) is 42.0 Å². The Morgan fingerprint density at radius 2 is 1.59 bits per heavy atom. The monoisotopic (exact) mass is 464 g/mol. The van der Waals surface area contributed by atoms with Gasteiger partial charge in [0.05, 0.1) is 24.2 Å². The van der Waals surface area contributed by atoms with Crippen LogP contribution in [-0.4, -0.2) is 27.2 Å². The summed E-state index contributed by atoms with van der Waals surface area (Å²) < 4.78 is 70.8. The molecular weight excluding hydrogens is 445 g/mol. The third-order valence-corrected chi connectivity index (χ3v) is 5.51. The van der Waals surface area contributed by atoms with Crippen LogP contribution in [0.15, 0.2) is 66.7 Å².